The van der Waals surface area contributed by atoms with Gasteiger partial charge in [-0.2, -0.15) is 5.10 Å². The minimum absolute atomic E-state index is 0.225. The van der Waals surface area contributed by atoms with Crippen LogP contribution in [-0.2, 0) is 13.0 Å². The van der Waals surface area contributed by atoms with Crippen molar-refractivity contribution in [2.75, 3.05) is 6.54 Å². The first-order valence-electron chi connectivity index (χ1n) is 7.61. The highest BCUT2D eigenvalue weighted by Crippen LogP contribution is 2.36. The Kier molecular flexibility index (Phi) is 4.61. The van der Waals surface area contributed by atoms with Gasteiger partial charge in [0.25, 0.3) is 0 Å². The molecule has 108 valence electrons. The maximum Gasteiger partial charge on any atom is 0.138 e. The second kappa shape index (κ2) is 6.04. The lowest BCUT2D eigenvalue weighted by atomic mass is 9.71. The van der Waals surface area contributed by atoms with Crippen LogP contribution in [0.3, 0.4) is 0 Å². The van der Waals surface area contributed by atoms with E-state index in [1.807, 2.05) is 0 Å². The van der Waals surface area contributed by atoms with Crippen molar-refractivity contribution in [3.8, 4) is 0 Å². The normalized spacial score (nSPS) is 23.4. The Morgan fingerprint density at radius 1 is 1.32 bits per heavy atom. The van der Waals surface area contributed by atoms with Gasteiger partial charge in [-0.25, -0.2) is 4.98 Å². The van der Waals surface area contributed by atoms with Crippen LogP contribution in [-0.4, -0.2) is 26.8 Å². The van der Waals surface area contributed by atoms with Crippen molar-refractivity contribution in [3.63, 3.8) is 0 Å². The van der Waals surface area contributed by atoms with Crippen LogP contribution in [0.2, 0.25) is 0 Å². The van der Waals surface area contributed by atoms with E-state index in [1.54, 1.807) is 6.33 Å². The van der Waals surface area contributed by atoms with Crippen LogP contribution in [0.5, 0.6) is 0 Å². The van der Waals surface area contributed by atoms with E-state index in [0.29, 0.717) is 0 Å². The molecular weight excluding hydrogens is 236 g/mol. The Labute approximate surface area is 117 Å². The molecule has 1 aliphatic rings. The molecule has 1 aromatic rings. The largest absolute Gasteiger partial charge is 0.312 e. The van der Waals surface area contributed by atoms with E-state index in [2.05, 4.69) is 47.8 Å². The Morgan fingerprint density at radius 2 is 2.05 bits per heavy atom. The van der Waals surface area contributed by atoms with Gasteiger partial charge >= 0.3 is 0 Å². The van der Waals surface area contributed by atoms with Crippen molar-refractivity contribution in [1.82, 2.24) is 20.1 Å². The van der Waals surface area contributed by atoms with Gasteiger partial charge in [-0.3, -0.25) is 4.68 Å². The highest BCUT2D eigenvalue weighted by atomic mass is 15.3. The van der Waals surface area contributed by atoms with Crippen LogP contribution in [0.4, 0.5) is 0 Å². The van der Waals surface area contributed by atoms with Crippen LogP contribution < -0.4 is 5.32 Å². The minimum Gasteiger partial charge on any atom is -0.312 e. The molecule has 2 atom stereocenters. The van der Waals surface area contributed by atoms with E-state index >= 15 is 0 Å². The molecule has 1 N–H and O–H groups in total. The summed E-state index contributed by atoms with van der Waals surface area (Å²) in [5.74, 6) is 2.77. The highest BCUT2D eigenvalue weighted by Gasteiger charge is 2.32. The third kappa shape index (κ3) is 4.03. The molecule has 0 aliphatic heterocycles. The third-order valence-electron chi connectivity index (χ3n) is 4.05. The average molecular weight is 264 g/mol. The summed E-state index contributed by atoms with van der Waals surface area (Å²) in [6, 6.07) is 0. The monoisotopic (exact) mass is 264 g/mol. The third-order valence-corrected chi connectivity index (χ3v) is 4.05. The maximum absolute atomic E-state index is 4.43. The van der Waals surface area contributed by atoms with Gasteiger partial charge in [0.05, 0.1) is 0 Å². The fourth-order valence-corrected chi connectivity index (χ4v) is 2.69. The summed E-state index contributed by atoms with van der Waals surface area (Å²) in [6.07, 6.45) is 6.61. The second-order valence-electron chi connectivity index (χ2n) is 6.83. The predicted octanol–water partition coefficient (Wildman–Crippen LogP) is 2.64. The molecule has 1 aromatic heterocycles. The van der Waals surface area contributed by atoms with E-state index in [-0.39, 0.29) is 5.54 Å². The lowest BCUT2D eigenvalue weighted by Gasteiger charge is -2.38. The smallest absolute Gasteiger partial charge is 0.138 e. The molecule has 0 radical (unpaired) electrons. The Hall–Kier alpha value is -0.900. The topological polar surface area (TPSA) is 42.7 Å². The molecule has 1 aliphatic carbocycles. The summed E-state index contributed by atoms with van der Waals surface area (Å²) < 4.78 is 2.08. The number of hydrogen-bond acceptors (Lipinski definition) is 3. The molecule has 1 heterocycles. The molecule has 0 aromatic carbocycles. The first kappa shape index (κ1) is 14.5. The van der Waals surface area contributed by atoms with Gasteiger partial charge in [0.2, 0.25) is 0 Å². The van der Waals surface area contributed by atoms with Crippen molar-refractivity contribution < 1.29 is 0 Å². The summed E-state index contributed by atoms with van der Waals surface area (Å²) in [7, 11) is 0. The van der Waals surface area contributed by atoms with Crippen LogP contribution in [0.1, 0.15) is 52.8 Å². The first-order chi connectivity index (χ1) is 8.99. The predicted molar refractivity (Wildman–Crippen MR) is 78.0 cm³/mol. The molecule has 0 amide bonds. The van der Waals surface area contributed by atoms with E-state index in [1.165, 1.54) is 18.7 Å². The van der Waals surface area contributed by atoms with Crippen molar-refractivity contribution in [2.45, 2.75) is 65.5 Å². The lowest BCUT2D eigenvalue weighted by Crippen LogP contribution is -2.44. The van der Waals surface area contributed by atoms with Crippen molar-refractivity contribution in [2.24, 2.45) is 11.8 Å². The van der Waals surface area contributed by atoms with Gasteiger partial charge in [0, 0.05) is 18.5 Å². The SMILES string of the molecule is CCCn1ncnc1CC1CCC1CNC(C)(C)C. The molecule has 2 unspecified atom stereocenters. The van der Waals surface area contributed by atoms with E-state index in [9.17, 15) is 0 Å². The van der Waals surface area contributed by atoms with Crippen molar-refractivity contribution in [3.05, 3.63) is 12.2 Å². The van der Waals surface area contributed by atoms with Crippen LogP contribution in [0.15, 0.2) is 6.33 Å². The molecular formula is C15H28N4. The van der Waals surface area contributed by atoms with Crippen LogP contribution in [0.25, 0.3) is 0 Å². The quantitative estimate of drug-likeness (QED) is 0.859. The van der Waals surface area contributed by atoms with Gasteiger partial charge in [-0.1, -0.05) is 6.92 Å². The second-order valence-corrected chi connectivity index (χ2v) is 6.83. The fourth-order valence-electron chi connectivity index (χ4n) is 2.69. The molecule has 0 bridgehead atoms. The number of aryl methyl sites for hydroxylation is 1. The Morgan fingerprint density at radius 3 is 2.63 bits per heavy atom. The lowest BCUT2D eigenvalue weighted by molar-refractivity contribution is 0.155. The van der Waals surface area contributed by atoms with Crippen molar-refractivity contribution in [1.29, 1.82) is 0 Å². The van der Waals surface area contributed by atoms with Crippen molar-refractivity contribution >= 4 is 0 Å². The van der Waals surface area contributed by atoms with E-state index in [0.717, 1.165) is 37.8 Å². The molecule has 0 saturated heterocycles. The standard InChI is InChI=1S/C15H28N4/c1-5-8-19-14(16-11-18-19)9-12-6-7-13(12)10-17-15(2,3)4/h11-13,17H,5-10H2,1-4H3. The molecule has 1 fully saturated rings. The van der Waals surface area contributed by atoms with Gasteiger partial charge in [-0.05, 0) is 58.4 Å². The van der Waals surface area contributed by atoms with Gasteiger partial charge in [0.15, 0.2) is 0 Å². The summed E-state index contributed by atoms with van der Waals surface area (Å²) in [6.45, 7) is 11.0. The minimum atomic E-state index is 0.225. The molecule has 4 heteroatoms. The molecule has 2 rings (SSSR count). The Balaban J connectivity index is 1.84. The summed E-state index contributed by atoms with van der Waals surface area (Å²) in [4.78, 5) is 4.43. The number of nitrogens with one attached hydrogen (secondary N) is 1. The maximum atomic E-state index is 4.43. The molecule has 1 saturated carbocycles. The molecule has 19 heavy (non-hydrogen) atoms. The summed E-state index contributed by atoms with van der Waals surface area (Å²) in [5.41, 5.74) is 0.225. The van der Waals surface area contributed by atoms with Crippen LogP contribution >= 0.6 is 0 Å². The van der Waals surface area contributed by atoms with Crippen LogP contribution in [0, 0.1) is 11.8 Å². The van der Waals surface area contributed by atoms with E-state index in [4.69, 9.17) is 0 Å². The zero-order chi connectivity index (χ0) is 13.9. The van der Waals surface area contributed by atoms with Gasteiger partial charge in [-0.15, -0.1) is 0 Å². The Bertz CT molecular complexity index is 391. The highest BCUT2D eigenvalue weighted by molar-refractivity contribution is 4.94. The number of rotatable bonds is 6. The zero-order valence-corrected chi connectivity index (χ0v) is 12.8. The van der Waals surface area contributed by atoms with E-state index < -0.39 is 0 Å². The summed E-state index contributed by atoms with van der Waals surface area (Å²) >= 11 is 0. The number of hydrogen-bond donors (Lipinski definition) is 1. The molecule has 0 spiro atoms. The summed E-state index contributed by atoms with van der Waals surface area (Å²) in [5, 5.41) is 7.95. The fraction of sp³-hybridized carbons (Fsp3) is 0.867. The molecule has 4 nitrogen and oxygen atoms in total. The van der Waals surface area contributed by atoms with Gasteiger partial charge < -0.3 is 5.32 Å². The number of nitrogens with zero attached hydrogens (tertiary/aromatic N) is 3. The van der Waals surface area contributed by atoms with Gasteiger partial charge in [0.1, 0.15) is 12.2 Å². The zero-order valence-electron chi connectivity index (χ0n) is 12.8. The first-order valence-corrected chi connectivity index (χ1v) is 7.61. The average Bonchev–Trinajstić information content (AvgIpc) is 2.71. The number of aromatic nitrogens is 3.